The summed E-state index contributed by atoms with van der Waals surface area (Å²) in [6.45, 7) is 1.71. The number of para-hydroxylation sites is 1. The summed E-state index contributed by atoms with van der Waals surface area (Å²) in [4.78, 5) is 28.4. The molecule has 0 aliphatic carbocycles. The minimum absolute atomic E-state index is 0.0224. The Balaban J connectivity index is 1.33. The molecule has 0 unspecified atom stereocenters. The van der Waals surface area contributed by atoms with Crippen LogP contribution in [-0.2, 0) is 27.2 Å². The van der Waals surface area contributed by atoms with E-state index in [-0.39, 0.29) is 30.9 Å². The van der Waals surface area contributed by atoms with Gasteiger partial charge in [-0.3, -0.25) is 9.59 Å². The zero-order valence-corrected chi connectivity index (χ0v) is 16.7. The first kappa shape index (κ1) is 20.0. The molecule has 1 heterocycles. The van der Waals surface area contributed by atoms with Crippen molar-refractivity contribution >= 4 is 33.4 Å². The summed E-state index contributed by atoms with van der Waals surface area (Å²) in [5.74, 6) is -0.653. The number of aryl methyl sites for hydroxylation is 2. The van der Waals surface area contributed by atoms with E-state index >= 15 is 0 Å². The molecule has 0 saturated heterocycles. The number of hydrogen-bond donors (Lipinski definition) is 1. The van der Waals surface area contributed by atoms with Crippen LogP contribution in [0.1, 0.15) is 30.3 Å². The molecule has 0 saturated carbocycles. The van der Waals surface area contributed by atoms with E-state index in [2.05, 4.69) is 22.4 Å². The molecule has 2 aromatic carbocycles. The number of fused-ring (bicyclic) bond motifs is 1. The molecular weight excluding hydrogens is 372 g/mol. The van der Waals surface area contributed by atoms with Crippen LogP contribution in [-0.4, -0.2) is 29.5 Å². The van der Waals surface area contributed by atoms with E-state index in [1.807, 2.05) is 49.4 Å². The van der Waals surface area contributed by atoms with Crippen molar-refractivity contribution in [2.75, 3.05) is 6.61 Å². The van der Waals surface area contributed by atoms with Gasteiger partial charge in [0, 0.05) is 12.5 Å². The van der Waals surface area contributed by atoms with Crippen molar-refractivity contribution in [2.45, 2.75) is 38.6 Å². The van der Waals surface area contributed by atoms with E-state index < -0.39 is 0 Å². The first-order valence-corrected chi connectivity index (χ1v) is 10.2. The number of nitrogens with zero attached hydrogens (tertiary/aromatic N) is 1. The van der Waals surface area contributed by atoms with Crippen molar-refractivity contribution in [3.8, 4) is 0 Å². The van der Waals surface area contributed by atoms with Gasteiger partial charge in [0.1, 0.15) is 0 Å². The minimum atomic E-state index is -0.383. The first-order valence-electron chi connectivity index (χ1n) is 9.43. The van der Waals surface area contributed by atoms with E-state index in [1.165, 1.54) is 5.56 Å². The van der Waals surface area contributed by atoms with E-state index in [0.29, 0.717) is 6.42 Å². The number of thiazole rings is 1. The smallest absolute Gasteiger partial charge is 0.306 e. The Morgan fingerprint density at radius 1 is 1.07 bits per heavy atom. The molecule has 3 rings (SSSR count). The van der Waals surface area contributed by atoms with Crippen LogP contribution in [0.5, 0.6) is 0 Å². The van der Waals surface area contributed by atoms with Gasteiger partial charge < -0.3 is 10.1 Å². The molecule has 28 heavy (non-hydrogen) atoms. The lowest BCUT2D eigenvalue weighted by molar-refractivity contribution is -0.148. The minimum Gasteiger partial charge on any atom is -0.456 e. The maximum absolute atomic E-state index is 12.0. The van der Waals surface area contributed by atoms with Gasteiger partial charge >= 0.3 is 5.97 Å². The van der Waals surface area contributed by atoms with Crippen molar-refractivity contribution in [2.24, 2.45) is 0 Å². The van der Waals surface area contributed by atoms with Crippen LogP contribution in [0.2, 0.25) is 0 Å². The molecule has 0 spiro atoms. The third-order valence-corrected chi connectivity index (χ3v) is 5.46. The molecule has 1 amide bonds. The average molecular weight is 397 g/mol. The molecule has 1 aromatic heterocycles. The molecule has 0 bridgehead atoms. The second-order valence-electron chi connectivity index (χ2n) is 6.73. The van der Waals surface area contributed by atoms with Crippen LogP contribution in [0.25, 0.3) is 10.2 Å². The highest BCUT2D eigenvalue weighted by Crippen LogP contribution is 2.22. The van der Waals surface area contributed by atoms with Gasteiger partial charge in [-0.05, 0) is 37.5 Å². The second kappa shape index (κ2) is 9.99. The fourth-order valence-electron chi connectivity index (χ4n) is 2.87. The third kappa shape index (κ3) is 6.16. The van der Waals surface area contributed by atoms with E-state index in [1.54, 1.807) is 11.3 Å². The Hall–Kier alpha value is -2.73. The number of carbonyl (C=O) groups excluding carboxylic acids is 2. The van der Waals surface area contributed by atoms with Crippen LogP contribution in [0.15, 0.2) is 54.6 Å². The molecule has 5 nitrogen and oxygen atoms in total. The molecule has 6 heteroatoms. The highest BCUT2D eigenvalue weighted by molar-refractivity contribution is 7.18. The highest BCUT2D eigenvalue weighted by Gasteiger charge is 2.12. The molecule has 0 aliphatic rings. The largest absolute Gasteiger partial charge is 0.456 e. The van der Waals surface area contributed by atoms with Gasteiger partial charge in [-0.1, -0.05) is 42.5 Å². The number of nitrogens with one attached hydrogen (secondary N) is 1. The second-order valence-corrected chi connectivity index (χ2v) is 7.84. The predicted molar refractivity (Wildman–Crippen MR) is 111 cm³/mol. The number of benzene rings is 2. The predicted octanol–water partition coefficient (Wildman–Crippen LogP) is 3.91. The van der Waals surface area contributed by atoms with Crippen LogP contribution in [0, 0.1) is 0 Å². The molecule has 0 radical (unpaired) electrons. The van der Waals surface area contributed by atoms with Crippen molar-refractivity contribution < 1.29 is 14.3 Å². The number of hydrogen-bond acceptors (Lipinski definition) is 5. The maximum Gasteiger partial charge on any atom is 0.306 e. The lowest BCUT2D eigenvalue weighted by Crippen LogP contribution is -2.36. The number of rotatable bonds is 9. The Bertz CT molecular complexity index is 891. The van der Waals surface area contributed by atoms with E-state index in [0.717, 1.165) is 28.1 Å². The Morgan fingerprint density at radius 3 is 2.61 bits per heavy atom. The lowest BCUT2D eigenvalue weighted by atomic mass is 10.1. The highest BCUT2D eigenvalue weighted by atomic mass is 32.1. The van der Waals surface area contributed by atoms with Gasteiger partial charge in [-0.2, -0.15) is 0 Å². The zero-order valence-electron chi connectivity index (χ0n) is 15.9. The molecule has 0 aliphatic heterocycles. The quantitative estimate of drug-likeness (QED) is 0.557. The lowest BCUT2D eigenvalue weighted by Gasteiger charge is -2.14. The normalized spacial score (nSPS) is 11.9. The summed E-state index contributed by atoms with van der Waals surface area (Å²) in [6, 6.07) is 18.0. The van der Waals surface area contributed by atoms with Gasteiger partial charge in [0.2, 0.25) is 0 Å². The van der Waals surface area contributed by atoms with E-state index in [4.69, 9.17) is 4.74 Å². The Kier molecular flexibility index (Phi) is 7.14. The molecule has 1 atom stereocenters. The summed E-state index contributed by atoms with van der Waals surface area (Å²) in [7, 11) is 0. The fraction of sp³-hybridized carbons (Fsp3) is 0.318. The summed E-state index contributed by atoms with van der Waals surface area (Å²) < 4.78 is 6.20. The maximum atomic E-state index is 12.0. The van der Waals surface area contributed by atoms with Crippen LogP contribution in [0.3, 0.4) is 0 Å². The summed E-state index contributed by atoms with van der Waals surface area (Å²) in [5, 5.41) is 3.77. The molecular formula is C22H24N2O3S. The number of amides is 1. The Morgan fingerprint density at radius 2 is 1.82 bits per heavy atom. The van der Waals surface area contributed by atoms with Crippen LogP contribution < -0.4 is 5.32 Å². The summed E-state index contributed by atoms with van der Waals surface area (Å²) in [5.41, 5.74) is 2.18. The number of esters is 1. The molecule has 1 N–H and O–H groups in total. The first-order chi connectivity index (χ1) is 13.6. The summed E-state index contributed by atoms with van der Waals surface area (Å²) in [6.07, 6.45) is 2.47. The number of aromatic nitrogens is 1. The van der Waals surface area contributed by atoms with Gasteiger partial charge in [0.05, 0.1) is 21.6 Å². The van der Waals surface area contributed by atoms with Gasteiger partial charge in [0.15, 0.2) is 6.61 Å². The van der Waals surface area contributed by atoms with Gasteiger partial charge in [-0.15, -0.1) is 11.3 Å². The fourth-order valence-corrected chi connectivity index (χ4v) is 3.84. The topological polar surface area (TPSA) is 68.3 Å². The monoisotopic (exact) mass is 396 g/mol. The van der Waals surface area contributed by atoms with Crippen LogP contribution in [0.4, 0.5) is 0 Å². The average Bonchev–Trinajstić information content (AvgIpc) is 3.13. The molecule has 3 aromatic rings. The summed E-state index contributed by atoms with van der Waals surface area (Å²) >= 11 is 1.58. The van der Waals surface area contributed by atoms with Crippen molar-refractivity contribution in [3.05, 3.63) is 65.2 Å². The van der Waals surface area contributed by atoms with Gasteiger partial charge in [0.25, 0.3) is 5.91 Å². The SMILES string of the molecule is C[C@@H](CCc1ccccc1)NC(=O)COC(=O)CCc1nc2ccccc2s1. The number of carbonyl (C=O) groups is 2. The molecule has 0 fully saturated rings. The van der Waals surface area contributed by atoms with Crippen molar-refractivity contribution in [3.63, 3.8) is 0 Å². The van der Waals surface area contributed by atoms with Crippen LogP contribution >= 0.6 is 11.3 Å². The number of ether oxygens (including phenoxy) is 1. The van der Waals surface area contributed by atoms with E-state index in [9.17, 15) is 9.59 Å². The van der Waals surface area contributed by atoms with Crippen molar-refractivity contribution in [1.82, 2.24) is 10.3 Å². The van der Waals surface area contributed by atoms with Gasteiger partial charge in [-0.25, -0.2) is 4.98 Å². The molecule has 146 valence electrons. The Labute approximate surface area is 168 Å². The zero-order chi connectivity index (χ0) is 19.8. The van der Waals surface area contributed by atoms with Crippen molar-refractivity contribution in [1.29, 1.82) is 0 Å². The standard InChI is InChI=1S/C22H24N2O3S/c1-16(11-12-17-7-3-2-4-8-17)23-20(25)15-27-22(26)14-13-21-24-18-9-5-6-10-19(18)28-21/h2-10,16H,11-15H2,1H3,(H,23,25)/t16-/m0/s1. The third-order valence-electron chi connectivity index (χ3n) is 4.36.